The van der Waals surface area contributed by atoms with Gasteiger partial charge in [0, 0.05) is 0 Å². The van der Waals surface area contributed by atoms with E-state index in [0.717, 1.165) is 6.42 Å². The third-order valence-electron chi connectivity index (χ3n) is 7.19. The van der Waals surface area contributed by atoms with E-state index in [1.54, 1.807) is 0 Å². The van der Waals surface area contributed by atoms with E-state index in [1.807, 2.05) is 0 Å². The minimum Gasteiger partial charge on any atom is -0.0622 e. The predicted octanol–water partition coefficient (Wildman–Crippen LogP) is 9.56. The zero-order chi connectivity index (χ0) is 24.0. The monoisotopic (exact) mass is 450 g/mol. The van der Waals surface area contributed by atoms with E-state index in [-0.39, 0.29) is 5.41 Å². The number of benzene rings is 5. The maximum atomic E-state index is 2.37. The molecule has 35 heavy (non-hydrogen) atoms. The van der Waals surface area contributed by atoms with Crippen molar-refractivity contribution < 1.29 is 0 Å². The minimum absolute atomic E-state index is 0.0363. The lowest BCUT2D eigenvalue weighted by Crippen LogP contribution is -2.17. The van der Waals surface area contributed by atoms with Gasteiger partial charge in [0.2, 0.25) is 0 Å². The second kappa shape index (κ2) is 8.40. The zero-order valence-electron chi connectivity index (χ0n) is 20.7. The van der Waals surface area contributed by atoms with Crippen molar-refractivity contribution in [3.8, 4) is 44.5 Å². The van der Waals surface area contributed by atoms with Crippen LogP contribution in [0.2, 0.25) is 0 Å². The van der Waals surface area contributed by atoms with Crippen molar-refractivity contribution in [2.45, 2.75) is 32.6 Å². The Balaban J connectivity index is 1.88. The van der Waals surface area contributed by atoms with Gasteiger partial charge in [-0.3, -0.25) is 0 Å². The van der Waals surface area contributed by atoms with Crippen LogP contribution in [0.25, 0.3) is 44.5 Å². The summed E-state index contributed by atoms with van der Waals surface area (Å²) in [5, 5.41) is 0. The Morgan fingerprint density at radius 1 is 0.457 bits per heavy atom. The van der Waals surface area contributed by atoms with Gasteiger partial charge >= 0.3 is 0 Å². The van der Waals surface area contributed by atoms with Gasteiger partial charge in [0.05, 0.1) is 0 Å². The highest BCUT2D eigenvalue weighted by molar-refractivity contribution is 6.04. The lowest BCUT2D eigenvalue weighted by molar-refractivity contribution is 0.594. The van der Waals surface area contributed by atoms with Crippen molar-refractivity contribution in [1.82, 2.24) is 0 Å². The molecule has 0 radical (unpaired) electrons. The molecule has 0 aliphatic heterocycles. The molecule has 0 atom stereocenters. The Hall–Kier alpha value is -3.90. The summed E-state index contributed by atoms with van der Waals surface area (Å²) in [5.41, 5.74) is 15.0. The van der Waals surface area contributed by atoms with E-state index >= 15 is 0 Å². The number of rotatable bonds is 3. The molecule has 0 heterocycles. The largest absolute Gasteiger partial charge is 0.0622 e. The van der Waals surface area contributed by atoms with Gasteiger partial charge in [0.25, 0.3) is 0 Å². The molecule has 6 rings (SSSR count). The first-order valence-corrected chi connectivity index (χ1v) is 12.5. The van der Waals surface area contributed by atoms with E-state index in [9.17, 15) is 0 Å². The van der Waals surface area contributed by atoms with Crippen LogP contribution in [-0.2, 0) is 11.8 Å². The third-order valence-corrected chi connectivity index (χ3v) is 7.19. The van der Waals surface area contributed by atoms with Crippen LogP contribution in [0.1, 0.15) is 37.5 Å². The second-order valence-corrected chi connectivity index (χ2v) is 10.5. The standard InChI is InChI=1S/C35H30/c1-35(2,3)34-32(26-19-11-6-12-20-26)31(25-17-9-5-10-18-25)30(24-15-7-4-8-16-24)29-23-27-21-13-14-22-28(27)33(29)34/h4-22H,23H2,1-3H3. The first-order chi connectivity index (χ1) is 17.0. The van der Waals surface area contributed by atoms with Gasteiger partial charge in [-0.2, -0.15) is 0 Å². The van der Waals surface area contributed by atoms with Gasteiger partial charge in [-0.15, -0.1) is 0 Å². The van der Waals surface area contributed by atoms with Gasteiger partial charge in [0.15, 0.2) is 0 Å². The molecule has 0 amide bonds. The topological polar surface area (TPSA) is 0 Å². The highest BCUT2D eigenvalue weighted by Gasteiger charge is 2.35. The molecule has 1 aliphatic carbocycles. The van der Waals surface area contributed by atoms with E-state index in [0.29, 0.717) is 0 Å². The first kappa shape index (κ1) is 21.6. The Kier molecular flexibility index (Phi) is 5.19. The van der Waals surface area contributed by atoms with Crippen LogP contribution in [0, 0.1) is 0 Å². The van der Waals surface area contributed by atoms with Crippen molar-refractivity contribution >= 4 is 0 Å². The molecule has 0 unspecified atom stereocenters. The molecule has 170 valence electrons. The van der Waals surface area contributed by atoms with E-state index in [4.69, 9.17) is 0 Å². The molecule has 0 saturated heterocycles. The van der Waals surface area contributed by atoms with Gasteiger partial charge in [-0.25, -0.2) is 0 Å². The second-order valence-electron chi connectivity index (χ2n) is 10.5. The predicted molar refractivity (Wildman–Crippen MR) is 150 cm³/mol. The van der Waals surface area contributed by atoms with Crippen LogP contribution in [0.3, 0.4) is 0 Å². The number of fused-ring (bicyclic) bond motifs is 3. The molecule has 0 spiro atoms. The van der Waals surface area contributed by atoms with Crippen molar-refractivity contribution in [3.63, 3.8) is 0 Å². The molecule has 0 aromatic heterocycles. The van der Waals surface area contributed by atoms with Crippen molar-refractivity contribution in [3.05, 3.63) is 132 Å². The fourth-order valence-corrected chi connectivity index (χ4v) is 5.84. The average molecular weight is 451 g/mol. The molecule has 5 aromatic rings. The fraction of sp³-hybridized carbons (Fsp3) is 0.143. The molecular formula is C35H30. The maximum Gasteiger partial charge on any atom is -0.000695 e. The quantitative estimate of drug-likeness (QED) is 0.252. The van der Waals surface area contributed by atoms with Gasteiger partial charge in [-0.1, -0.05) is 136 Å². The summed E-state index contributed by atoms with van der Waals surface area (Å²) in [5.74, 6) is 0. The van der Waals surface area contributed by atoms with Gasteiger partial charge in [0.1, 0.15) is 0 Å². The maximum absolute atomic E-state index is 2.37. The molecule has 0 fully saturated rings. The van der Waals surface area contributed by atoms with Gasteiger partial charge < -0.3 is 0 Å². The normalized spacial score (nSPS) is 12.3. The van der Waals surface area contributed by atoms with Crippen LogP contribution >= 0.6 is 0 Å². The lowest BCUT2D eigenvalue weighted by atomic mass is 9.71. The lowest BCUT2D eigenvalue weighted by Gasteiger charge is -2.32. The van der Waals surface area contributed by atoms with Crippen molar-refractivity contribution in [1.29, 1.82) is 0 Å². The smallest absolute Gasteiger partial charge is 0.000695 e. The van der Waals surface area contributed by atoms with E-state index in [1.165, 1.54) is 61.2 Å². The summed E-state index contributed by atoms with van der Waals surface area (Å²) in [6, 6.07) is 42.0. The Morgan fingerprint density at radius 3 is 1.46 bits per heavy atom. The van der Waals surface area contributed by atoms with Crippen LogP contribution in [0.4, 0.5) is 0 Å². The SMILES string of the molecule is CC(C)(C)c1c2c(c(-c3ccccc3)c(-c3ccccc3)c1-c1ccccc1)Cc1ccccc1-2. The van der Waals surface area contributed by atoms with Gasteiger partial charge in [-0.05, 0) is 73.0 Å². The van der Waals surface area contributed by atoms with Crippen LogP contribution in [0.15, 0.2) is 115 Å². The highest BCUT2D eigenvalue weighted by atomic mass is 14.4. The molecule has 0 heteroatoms. The van der Waals surface area contributed by atoms with Crippen molar-refractivity contribution in [2.24, 2.45) is 0 Å². The summed E-state index contributed by atoms with van der Waals surface area (Å²) < 4.78 is 0. The molecule has 0 bridgehead atoms. The third kappa shape index (κ3) is 3.61. The van der Waals surface area contributed by atoms with Crippen molar-refractivity contribution in [2.75, 3.05) is 0 Å². The Bertz CT molecular complexity index is 1500. The summed E-state index contributed by atoms with van der Waals surface area (Å²) in [7, 11) is 0. The zero-order valence-corrected chi connectivity index (χ0v) is 20.7. The molecular weight excluding hydrogens is 420 g/mol. The number of hydrogen-bond donors (Lipinski definition) is 0. The van der Waals surface area contributed by atoms with Crippen LogP contribution in [0.5, 0.6) is 0 Å². The minimum atomic E-state index is -0.0363. The number of hydrogen-bond acceptors (Lipinski definition) is 0. The summed E-state index contributed by atoms with van der Waals surface area (Å²) in [6.45, 7) is 7.10. The molecule has 5 aromatic carbocycles. The van der Waals surface area contributed by atoms with Crippen LogP contribution in [-0.4, -0.2) is 0 Å². The highest BCUT2D eigenvalue weighted by Crippen LogP contribution is 2.55. The Labute approximate surface area is 208 Å². The van der Waals surface area contributed by atoms with E-state index < -0.39 is 0 Å². The first-order valence-electron chi connectivity index (χ1n) is 12.5. The summed E-state index contributed by atoms with van der Waals surface area (Å²) >= 11 is 0. The molecule has 0 nitrogen and oxygen atoms in total. The fourth-order valence-electron chi connectivity index (χ4n) is 5.84. The molecule has 0 saturated carbocycles. The summed E-state index contributed by atoms with van der Waals surface area (Å²) in [4.78, 5) is 0. The summed E-state index contributed by atoms with van der Waals surface area (Å²) in [6.07, 6.45) is 0.966. The average Bonchev–Trinajstić information content (AvgIpc) is 3.27. The van der Waals surface area contributed by atoms with E-state index in [2.05, 4.69) is 136 Å². The van der Waals surface area contributed by atoms with Crippen LogP contribution < -0.4 is 0 Å². The molecule has 1 aliphatic rings. The Morgan fingerprint density at radius 2 is 0.914 bits per heavy atom. The molecule has 0 N–H and O–H groups in total.